The summed E-state index contributed by atoms with van der Waals surface area (Å²) in [6, 6.07) is 2.37. The first kappa shape index (κ1) is 16.9. The van der Waals surface area contributed by atoms with E-state index in [4.69, 9.17) is 0 Å². The van der Waals surface area contributed by atoms with Gasteiger partial charge < -0.3 is 5.11 Å². The molecule has 0 heterocycles. The standard InChI is InChI=1S/C22H34O/c1-7-15-13-17-16(19(14(2)3)20(15)23)9-10-18-21(4,5)11-8-12-22(17,18)6/h13-14,18,23H,7-12H2,1-6H3/t18-,22+/m0/s1. The molecule has 0 radical (unpaired) electrons. The van der Waals surface area contributed by atoms with Gasteiger partial charge in [-0.3, -0.25) is 0 Å². The Morgan fingerprint density at radius 2 is 1.91 bits per heavy atom. The molecule has 1 fully saturated rings. The van der Waals surface area contributed by atoms with Crippen LogP contribution in [0, 0.1) is 11.3 Å². The van der Waals surface area contributed by atoms with Gasteiger partial charge in [0.25, 0.3) is 0 Å². The van der Waals surface area contributed by atoms with Crippen molar-refractivity contribution in [2.75, 3.05) is 0 Å². The van der Waals surface area contributed by atoms with Crippen LogP contribution >= 0.6 is 0 Å². The predicted molar refractivity (Wildman–Crippen MR) is 98.4 cm³/mol. The molecular formula is C22H34O. The summed E-state index contributed by atoms with van der Waals surface area (Å²) in [5.74, 6) is 1.75. The highest BCUT2D eigenvalue weighted by Gasteiger charge is 2.50. The Hall–Kier alpha value is -0.980. The van der Waals surface area contributed by atoms with Gasteiger partial charge in [-0.15, -0.1) is 0 Å². The van der Waals surface area contributed by atoms with E-state index >= 15 is 0 Å². The fraction of sp³-hybridized carbons (Fsp3) is 0.727. The summed E-state index contributed by atoms with van der Waals surface area (Å²) in [7, 11) is 0. The first-order valence-corrected chi connectivity index (χ1v) is 9.60. The first-order chi connectivity index (χ1) is 10.7. The van der Waals surface area contributed by atoms with Gasteiger partial charge in [-0.05, 0) is 71.5 Å². The minimum Gasteiger partial charge on any atom is -0.507 e. The maximum Gasteiger partial charge on any atom is 0.122 e. The van der Waals surface area contributed by atoms with Crippen molar-refractivity contribution in [3.8, 4) is 5.75 Å². The lowest BCUT2D eigenvalue weighted by atomic mass is 9.50. The van der Waals surface area contributed by atoms with Crippen molar-refractivity contribution in [3.05, 3.63) is 28.3 Å². The molecule has 128 valence electrons. The molecule has 0 spiro atoms. The van der Waals surface area contributed by atoms with E-state index in [-0.39, 0.29) is 5.41 Å². The van der Waals surface area contributed by atoms with Gasteiger partial charge in [-0.1, -0.05) is 54.0 Å². The Bertz CT molecular complexity index is 611. The van der Waals surface area contributed by atoms with E-state index in [1.807, 2.05) is 0 Å². The molecule has 2 atom stereocenters. The third-order valence-electron chi connectivity index (χ3n) is 7.01. The van der Waals surface area contributed by atoms with E-state index in [0.717, 1.165) is 24.3 Å². The van der Waals surface area contributed by atoms with Crippen molar-refractivity contribution in [2.24, 2.45) is 11.3 Å². The lowest BCUT2D eigenvalue weighted by molar-refractivity contribution is 0.0404. The molecule has 3 rings (SSSR count). The van der Waals surface area contributed by atoms with Crippen molar-refractivity contribution in [1.29, 1.82) is 0 Å². The third kappa shape index (κ3) is 2.42. The summed E-state index contributed by atoms with van der Waals surface area (Å²) in [6.45, 7) is 14.1. The third-order valence-corrected chi connectivity index (χ3v) is 7.01. The SMILES string of the molecule is CCc1cc2c(c(C(C)C)c1O)CC[C@H]1C(C)(C)CCC[C@]21C. The van der Waals surface area contributed by atoms with Gasteiger partial charge in [0, 0.05) is 5.56 Å². The lowest BCUT2D eigenvalue weighted by Crippen LogP contribution is -2.48. The Morgan fingerprint density at radius 3 is 2.52 bits per heavy atom. The Kier molecular flexibility index (Phi) is 4.06. The van der Waals surface area contributed by atoms with Crippen molar-refractivity contribution in [1.82, 2.24) is 0 Å². The van der Waals surface area contributed by atoms with Crippen LogP contribution in [0.25, 0.3) is 0 Å². The van der Waals surface area contributed by atoms with Crippen LogP contribution in [-0.2, 0) is 18.3 Å². The summed E-state index contributed by atoms with van der Waals surface area (Å²) in [6.07, 6.45) is 7.34. The number of hydrogen-bond donors (Lipinski definition) is 1. The summed E-state index contributed by atoms with van der Waals surface area (Å²) < 4.78 is 0. The quantitative estimate of drug-likeness (QED) is 0.698. The van der Waals surface area contributed by atoms with Gasteiger partial charge in [0.2, 0.25) is 0 Å². The number of hydrogen-bond acceptors (Lipinski definition) is 1. The van der Waals surface area contributed by atoms with E-state index < -0.39 is 0 Å². The first-order valence-electron chi connectivity index (χ1n) is 9.60. The monoisotopic (exact) mass is 314 g/mol. The summed E-state index contributed by atoms with van der Waals surface area (Å²) in [5, 5.41) is 10.8. The molecule has 0 saturated heterocycles. The van der Waals surface area contributed by atoms with Crippen molar-refractivity contribution in [3.63, 3.8) is 0 Å². The highest BCUT2D eigenvalue weighted by molar-refractivity contribution is 5.55. The Balaban J connectivity index is 2.24. The van der Waals surface area contributed by atoms with Crippen LogP contribution in [0.1, 0.15) is 95.4 Å². The van der Waals surface area contributed by atoms with Crippen LogP contribution < -0.4 is 0 Å². The van der Waals surface area contributed by atoms with E-state index in [9.17, 15) is 5.11 Å². The predicted octanol–water partition coefficient (Wildman–Crippen LogP) is 6.11. The maximum atomic E-state index is 10.8. The van der Waals surface area contributed by atoms with Crippen LogP contribution in [0.2, 0.25) is 0 Å². The average Bonchev–Trinajstić information content (AvgIpc) is 2.45. The second kappa shape index (κ2) is 5.53. The van der Waals surface area contributed by atoms with Gasteiger partial charge in [-0.25, -0.2) is 0 Å². The van der Waals surface area contributed by atoms with Crippen molar-refractivity contribution < 1.29 is 5.11 Å². The summed E-state index contributed by atoms with van der Waals surface area (Å²) in [4.78, 5) is 0. The molecule has 1 saturated carbocycles. The minimum atomic E-state index is 0.288. The van der Waals surface area contributed by atoms with E-state index in [0.29, 0.717) is 17.1 Å². The van der Waals surface area contributed by atoms with Crippen LogP contribution in [0.4, 0.5) is 0 Å². The molecule has 1 aromatic rings. The molecule has 0 unspecified atom stereocenters. The van der Waals surface area contributed by atoms with E-state index in [1.165, 1.54) is 36.8 Å². The highest BCUT2D eigenvalue weighted by Crippen LogP contribution is 2.58. The molecule has 0 aliphatic heterocycles. The molecule has 1 N–H and O–H groups in total. The molecule has 0 amide bonds. The zero-order valence-corrected chi connectivity index (χ0v) is 15.9. The van der Waals surface area contributed by atoms with Crippen LogP contribution in [0.15, 0.2) is 6.07 Å². The van der Waals surface area contributed by atoms with Crippen LogP contribution in [0.5, 0.6) is 5.75 Å². The van der Waals surface area contributed by atoms with Gasteiger partial charge >= 0.3 is 0 Å². The van der Waals surface area contributed by atoms with Crippen LogP contribution in [0.3, 0.4) is 0 Å². The van der Waals surface area contributed by atoms with E-state index in [1.54, 1.807) is 5.56 Å². The Morgan fingerprint density at radius 1 is 1.22 bits per heavy atom. The molecule has 0 bridgehead atoms. The zero-order chi connectivity index (χ0) is 17.0. The smallest absolute Gasteiger partial charge is 0.122 e. The molecule has 23 heavy (non-hydrogen) atoms. The average molecular weight is 315 g/mol. The largest absolute Gasteiger partial charge is 0.507 e. The topological polar surface area (TPSA) is 20.2 Å². The number of phenols is 1. The van der Waals surface area contributed by atoms with Gasteiger partial charge in [-0.2, -0.15) is 0 Å². The minimum absolute atomic E-state index is 0.288. The lowest BCUT2D eigenvalue weighted by Gasteiger charge is -2.55. The second-order valence-corrected chi connectivity index (χ2v) is 9.18. The number of phenolic OH excluding ortho intramolecular Hbond substituents is 1. The zero-order valence-electron chi connectivity index (χ0n) is 15.9. The molecule has 2 aliphatic rings. The van der Waals surface area contributed by atoms with Crippen LogP contribution in [-0.4, -0.2) is 5.11 Å². The van der Waals surface area contributed by atoms with Crippen molar-refractivity contribution >= 4 is 0 Å². The number of benzene rings is 1. The summed E-state index contributed by atoms with van der Waals surface area (Å²) >= 11 is 0. The fourth-order valence-electron chi connectivity index (χ4n) is 5.90. The number of aryl methyl sites for hydroxylation is 1. The maximum absolute atomic E-state index is 10.8. The van der Waals surface area contributed by atoms with Gasteiger partial charge in [0.15, 0.2) is 0 Å². The molecule has 2 aliphatic carbocycles. The number of fused-ring (bicyclic) bond motifs is 3. The number of aromatic hydroxyl groups is 1. The molecule has 0 aromatic heterocycles. The Labute approximate surface area is 142 Å². The molecular weight excluding hydrogens is 280 g/mol. The molecule has 1 nitrogen and oxygen atoms in total. The highest BCUT2D eigenvalue weighted by atomic mass is 16.3. The fourth-order valence-corrected chi connectivity index (χ4v) is 5.90. The van der Waals surface area contributed by atoms with Gasteiger partial charge in [0.1, 0.15) is 5.75 Å². The molecule has 1 aromatic carbocycles. The number of rotatable bonds is 2. The van der Waals surface area contributed by atoms with E-state index in [2.05, 4.69) is 47.6 Å². The van der Waals surface area contributed by atoms with Gasteiger partial charge in [0.05, 0.1) is 0 Å². The molecule has 1 heteroatoms. The second-order valence-electron chi connectivity index (χ2n) is 9.18. The summed E-state index contributed by atoms with van der Waals surface area (Å²) in [5.41, 5.74) is 6.16. The van der Waals surface area contributed by atoms with Crippen molar-refractivity contribution in [2.45, 2.75) is 91.4 Å². The normalized spacial score (nSPS) is 29.3.